The van der Waals surface area contributed by atoms with Crippen molar-refractivity contribution in [3.8, 4) is 11.5 Å². The first-order valence-electron chi connectivity index (χ1n) is 16.1. The number of nitrogens with one attached hydrogen (secondary N) is 1. The SMILES string of the molecule is CCCN1C(=O)[C@H]2[C@H](CC=C3[C@H]2C[C@H]2C(=O)N(Nc4ccc(F)cc4)C(=O)[C@@]2(c2ccc(Cl)cc2)[C@H]3c2cc(OC(F)(F)F)ccc2O)C1=O. The summed E-state index contributed by atoms with van der Waals surface area (Å²) in [5, 5.41) is 12.5. The molecule has 0 radical (unpaired) electrons. The number of nitrogens with zero attached hydrogens (tertiary/aromatic N) is 2. The van der Waals surface area contributed by atoms with E-state index in [0.29, 0.717) is 17.0 Å². The van der Waals surface area contributed by atoms with E-state index in [1.807, 2.05) is 6.92 Å². The summed E-state index contributed by atoms with van der Waals surface area (Å²) in [4.78, 5) is 58.3. The number of phenols is 1. The lowest BCUT2D eigenvalue weighted by Crippen LogP contribution is -2.53. The number of alkyl halides is 3. The number of carbonyl (C=O) groups is 4. The van der Waals surface area contributed by atoms with Gasteiger partial charge in [-0.3, -0.25) is 29.5 Å². The molecule has 260 valence electrons. The highest BCUT2D eigenvalue weighted by molar-refractivity contribution is 6.30. The van der Waals surface area contributed by atoms with Gasteiger partial charge in [0.1, 0.15) is 17.3 Å². The van der Waals surface area contributed by atoms with Crippen molar-refractivity contribution < 1.29 is 46.6 Å². The number of carbonyl (C=O) groups excluding carboxylic acids is 4. The molecule has 0 aromatic heterocycles. The number of aromatic hydroxyl groups is 1. The number of phenolic OH excluding ortho intramolecular Hbond substituents is 1. The van der Waals surface area contributed by atoms with Crippen LogP contribution in [0.25, 0.3) is 0 Å². The number of fused-ring (bicyclic) bond motifs is 4. The summed E-state index contributed by atoms with van der Waals surface area (Å²) in [6.45, 7) is 2.02. The molecule has 2 heterocycles. The topological polar surface area (TPSA) is 116 Å². The molecule has 1 saturated carbocycles. The van der Waals surface area contributed by atoms with E-state index >= 15 is 4.79 Å². The minimum atomic E-state index is -5.09. The molecule has 50 heavy (non-hydrogen) atoms. The Morgan fingerprint density at radius 1 is 0.960 bits per heavy atom. The smallest absolute Gasteiger partial charge is 0.508 e. The number of halogens is 5. The van der Waals surface area contributed by atoms with Gasteiger partial charge in [-0.2, -0.15) is 5.01 Å². The van der Waals surface area contributed by atoms with E-state index in [4.69, 9.17) is 11.6 Å². The summed E-state index contributed by atoms with van der Waals surface area (Å²) in [6, 6.07) is 13.9. The van der Waals surface area contributed by atoms with Crippen LogP contribution in [0.4, 0.5) is 23.2 Å². The van der Waals surface area contributed by atoms with Gasteiger partial charge >= 0.3 is 6.36 Å². The van der Waals surface area contributed by atoms with Crippen molar-refractivity contribution in [3.63, 3.8) is 0 Å². The Hall–Kier alpha value is -4.91. The van der Waals surface area contributed by atoms with Crippen LogP contribution in [0.1, 0.15) is 43.2 Å². The van der Waals surface area contributed by atoms with Crippen molar-refractivity contribution >= 4 is 40.9 Å². The summed E-state index contributed by atoms with van der Waals surface area (Å²) in [5.74, 6) is -9.00. The maximum Gasteiger partial charge on any atom is 0.573 e. The fourth-order valence-corrected chi connectivity index (χ4v) is 8.60. The van der Waals surface area contributed by atoms with Crippen molar-refractivity contribution in [2.45, 2.75) is 43.9 Å². The van der Waals surface area contributed by atoms with E-state index in [9.17, 15) is 37.1 Å². The summed E-state index contributed by atoms with van der Waals surface area (Å²) in [5.41, 5.74) is 1.65. The van der Waals surface area contributed by atoms with Crippen LogP contribution in [-0.4, -0.2) is 51.6 Å². The molecule has 9 nitrogen and oxygen atoms in total. The van der Waals surface area contributed by atoms with Gasteiger partial charge in [-0.25, -0.2) is 4.39 Å². The van der Waals surface area contributed by atoms with Gasteiger partial charge in [0.25, 0.3) is 11.8 Å². The Morgan fingerprint density at radius 2 is 1.66 bits per heavy atom. The first kappa shape index (κ1) is 33.6. The fraction of sp³-hybridized carbons (Fsp3) is 0.333. The lowest BCUT2D eigenvalue weighted by atomic mass is 9.49. The van der Waals surface area contributed by atoms with E-state index in [1.165, 1.54) is 29.2 Å². The number of ether oxygens (including phenoxy) is 1. The number of likely N-dealkylation sites (tertiary alicyclic amines) is 1. The minimum absolute atomic E-state index is 0.0726. The van der Waals surface area contributed by atoms with Crippen LogP contribution in [0.2, 0.25) is 5.02 Å². The van der Waals surface area contributed by atoms with Crippen molar-refractivity contribution in [1.29, 1.82) is 0 Å². The van der Waals surface area contributed by atoms with Gasteiger partial charge in [0, 0.05) is 23.0 Å². The van der Waals surface area contributed by atoms with Gasteiger partial charge < -0.3 is 9.84 Å². The molecular weight excluding hydrogens is 682 g/mol. The van der Waals surface area contributed by atoms with Gasteiger partial charge in [0.15, 0.2) is 0 Å². The van der Waals surface area contributed by atoms with Gasteiger partial charge in [-0.05, 0) is 85.3 Å². The molecule has 4 aliphatic rings. The second-order valence-corrected chi connectivity index (χ2v) is 13.4. The zero-order chi connectivity index (χ0) is 35.7. The highest BCUT2D eigenvalue weighted by Crippen LogP contribution is 2.65. The average molecular weight is 712 g/mol. The monoisotopic (exact) mass is 711 g/mol. The van der Waals surface area contributed by atoms with E-state index in [0.717, 1.165) is 35.3 Å². The third-order valence-electron chi connectivity index (χ3n) is 10.3. The zero-order valence-electron chi connectivity index (χ0n) is 26.4. The van der Waals surface area contributed by atoms with Gasteiger partial charge in [0.05, 0.1) is 28.9 Å². The number of allylic oxidation sites excluding steroid dienone is 2. The molecule has 3 aromatic rings. The number of anilines is 1. The second-order valence-electron chi connectivity index (χ2n) is 13.0. The summed E-state index contributed by atoms with van der Waals surface area (Å²) >= 11 is 6.25. The number of imide groups is 2. The average Bonchev–Trinajstić information content (AvgIpc) is 3.44. The molecule has 2 N–H and O–H groups in total. The number of rotatable bonds is 7. The first-order valence-corrected chi connectivity index (χ1v) is 16.4. The molecule has 0 spiro atoms. The van der Waals surface area contributed by atoms with Crippen molar-refractivity contribution in [1.82, 2.24) is 9.91 Å². The van der Waals surface area contributed by atoms with Crippen molar-refractivity contribution in [2.75, 3.05) is 12.0 Å². The number of hydrogen-bond donors (Lipinski definition) is 2. The first-order chi connectivity index (χ1) is 23.8. The Morgan fingerprint density at radius 3 is 2.32 bits per heavy atom. The van der Waals surface area contributed by atoms with E-state index in [2.05, 4.69) is 10.2 Å². The summed E-state index contributed by atoms with van der Waals surface area (Å²) < 4.78 is 58.5. The third kappa shape index (κ3) is 5.21. The minimum Gasteiger partial charge on any atom is -0.508 e. The van der Waals surface area contributed by atoms with Crippen molar-refractivity contribution in [3.05, 3.63) is 100 Å². The molecule has 6 atom stereocenters. The normalized spacial score (nSPS) is 27.6. The molecule has 14 heteroatoms. The zero-order valence-corrected chi connectivity index (χ0v) is 27.2. The van der Waals surface area contributed by atoms with Gasteiger partial charge in [-0.1, -0.05) is 42.3 Å². The van der Waals surface area contributed by atoms with Gasteiger partial charge in [0.2, 0.25) is 11.8 Å². The molecule has 7 rings (SSSR count). The van der Waals surface area contributed by atoms with Gasteiger partial charge in [-0.15, -0.1) is 13.2 Å². The van der Waals surface area contributed by atoms with E-state index in [1.54, 1.807) is 18.2 Å². The van der Waals surface area contributed by atoms with Crippen LogP contribution in [0.15, 0.2) is 78.4 Å². The molecule has 2 saturated heterocycles. The summed E-state index contributed by atoms with van der Waals surface area (Å²) in [6.07, 6.45) is -2.83. The van der Waals surface area contributed by atoms with Crippen molar-refractivity contribution in [2.24, 2.45) is 23.7 Å². The molecule has 2 aliphatic heterocycles. The maximum absolute atomic E-state index is 15.1. The lowest BCUT2D eigenvalue weighted by Gasteiger charge is -2.50. The Labute approximate surface area is 288 Å². The van der Waals surface area contributed by atoms with Crippen LogP contribution in [0, 0.1) is 29.5 Å². The Bertz CT molecular complexity index is 1940. The molecule has 3 aromatic carbocycles. The quantitative estimate of drug-likeness (QED) is 0.164. The number of hydrogen-bond acceptors (Lipinski definition) is 7. The Balaban J connectivity index is 1.48. The van der Waals surface area contributed by atoms with E-state index in [-0.39, 0.29) is 42.1 Å². The molecule has 3 fully saturated rings. The second kappa shape index (κ2) is 12.1. The molecule has 0 unspecified atom stereocenters. The standard InChI is InChI=1S/C36H30ClF4N3O6/c1-2-15-43-31(46)24-13-12-23-25(29(24)33(43)48)17-27-32(47)44(42-21-9-7-20(38)8-10-21)34(49)35(27,18-3-5-19(37)6-4-18)30(23)26-16-22(11-14-28(26)45)50-36(39,40)41/h3-12,14,16,24-25,27,29-30,42,45H,2,13,15,17H2,1H3/t24-,25+,27-,29-,30+,35+/m0/s1. The van der Waals surface area contributed by atoms with E-state index < -0.39 is 76.4 Å². The van der Waals surface area contributed by atoms with Crippen LogP contribution in [-0.2, 0) is 24.6 Å². The number of amides is 4. The Kier molecular flexibility index (Phi) is 8.16. The van der Waals surface area contributed by atoms with Crippen LogP contribution < -0.4 is 10.2 Å². The third-order valence-corrected chi connectivity index (χ3v) is 10.6. The fourth-order valence-electron chi connectivity index (χ4n) is 8.47. The van der Waals surface area contributed by atoms with Crippen LogP contribution in [0.5, 0.6) is 11.5 Å². The molecular formula is C36H30ClF4N3O6. The molecule has 4 amide bonds. The lowest BCUT2D eigenvalue weighted by molar-refractivity contribution is -0.274. The maximum atomic E-state index is 15.1. The highest BCUT2D eigenvalue weighted by Gasteiger charge is 2.70. The largest absolute Gasteiger partial charge is 0.573 e. The van der Waals surface area contributed by atoms with Crippen LogP contribution >= 0.6 is 11.6 Å². The predicted molar refractivity (Wildman–Crippen MR) is 171 cm³/mol. The molecule has 2 aliphatic carbocycles. The molecule has 0 bridgehead atoms. The highest BCUT2D eigenvalue weighted by atomic mass is 35.5. The predicted octanol–water partition coefficient (Wildman–Crippen LogP) is 6.48. The summed E-state index contributed by atoms with van der Waals surface area (Å²) in [7, 11) is 0. The number of benzene rings is 3. The number of hydrazine groups is 1. The van der Waals surface area contributed by atoms with Crippen LogP contribution in [0.3, 0.4) is 0 Å².